The van der Waals surface area contributed by atoms with Crippen LogP contribution in [-0.2, 0) is 10.8 Å². The lowest BCUT2D eigenvalue weighted by Crippen LogP contribution is -2.22. The monoisotopic (exact) mass is 308 g/mol. The zero-order valence-electron chi connectivity index (χ0n) is 12.5. The molecule has 0 bridgehead atoms. The molecule has 0 aliphatic heterocycles. The number of alkyl halides is 1. The molecule has 0 N–H and O–H groups in total. The van der Waals surface area contributed by atoms with Gasteiger partial charge in [-0.05, 0) is 33.1 Å². The maximum Gasteiger partial charge on any atom is 0.0283 e. The van der Waals surface area contributed by atoms with Crippen molar-refractivity contribution in [3.05, 3.63) is 41.5 Å². The van der Waals surface area contributed by atoms with Gasteiger partial charge < -0.3 is 0 Å². The van der Waals surface area contributed by atoms with Crippen molar-refractivity contribution >= 4 is 21.5 Å². The standard InChI is InChI=1S/C17H25Br/c1-12(11-18)13-8-9-14(16(2,3)4)15(10-13)17(5,6)7/h8-10H,1,11H2,2-7H3. The van der Waals surface area contributed by atoms with Gasteiger partial charge in [0.15, 0.2) is 0 Å². The summed E-state index contributed by atoms with van der Waals surface area (Å²) in [6, 6.07) is 6.77. The van der Waals surface area contributed by atoms with Gasteiger partial charge in [-0.15, -0.1) is 0 Å². The lowest BCUT2D eigenvalue weighted by Gasteiger charge is -2.30. The van der Waals surface area contributed by atoms with Crippen LogP contribution in [0.5, 0.6) is 0 Å². The molecule has 0 saturated heterocycles. The summed E-state index contributed by atoms with van der Waals surface area (Å²) in [5.74, 6) is 0. The van der Waals surface area contributed by atoms with E-state index >= 15 is 0 Å². The molecule has 1 heteroatoms. The highest BCUT2D eigenvalue weighted by Gasteiger charge is 2.25. The van der Waals surface area contributed by atoms with Gasteiger partial charge in [0.2, 0.25) is 0 Å². The first-order valence-corrected chi connectivity index (χ1v) is 7.58. The van der Waals surface area contributed by atoms with Crippen LogP contribution in [0.25, 0.3) is 5.57 Å². The summed E-state index contributed by atoms with van der Waals surface area (Å²) in [6.45, 7) is 17.8. The fourth-order valence-corrected chi connectivity index (χ4v) is 2.44. The Morgan fingerprint density at radius 1 is 1.00 bits per heavy atom. The molecule has 1 aromatic carbocycles. The van der Waals surface area contributed by atoms with Crippen molar-refractivity contribution in [1.82, 2.24) is 0 Å². The Kier molecular flexibility index (Phi) is 4.48. The molecule has 0 amide bonds. The number of rotatable bonds is 2. The van der Waals surface area contributed by atoms with Crippen molar-refractivity contribution in [2.45, 2.75) is 52.4 Å². The highest BCUT2D eigenvalue weighted by Crippen LogP contribution is 2.35. The molecule has 0 aliphatic rings. The third-order valence-corrected chi connectivity index (χ3v) is 3.88. The van der Waals surface area contributed by atoms with Crippen molar-refractivity contribution < 1.29 is 0 Å². The number of hydrogen-bond acceptors (Lipinski definition) is 0. The molecule has 0 heterocycles. The second-order valence-corrected chi connectivity index (χ2v) is 7.56. The van der Waals surface area contributed by atoms with Crippen LogP contribution < -0.4 is 0 Å². The summed E-state index contributed by atoms with van der Waals surface area (Å²) in [5, 5.41) is 0.825. The first-order chi connectivity index (χ1) is 8.07. The average Bonchev–Trinajstić information content (AvgIpc) is 2.24. The van der Waals surface area contributed by atoms with Gasteiger partial charge in [-0.3, -0.25) is 0 Å². The van der Waals surface area contributed by atoms with Gasteiger partial charge >= 0.3 is 0 Å². The first kappa shape index (κ1) is 15.5. The number of allylic oxidation sites excluding steroid dienone is 1. The molecule has 0 aromatic heterocycles. The average molecular weight is 309 g/mol. The van der Waals surface area contributed by atoms with Crippen LogP contribution in [-0.4, -0.2) is 5.33 Å². The third-order valence-electron chi connectivity index (χ3n) is 3.21. The summed E-state index contributed by atoms with van der Waals surface area (Å²) in [4.78, 5) is 0. The van der Waals surface area contributed by atoms with Crippen molar-refractivity contribution in [2.24, 2.45) is 0 Å². The van der Waals surface area contributed by atoms with E-state index in [1.165, 1.54) is 16.7 Å². The molecule has 0 radical (unpaired) electrons. The highest BCUT2D eigenvalue weighted by atomic mass is 79.9. The Morgan fingerprint density at radius 3 is 1.89 bits per heavy atom. The predicted molar refractivity (Wildman–Crippen MR) is 86.7 cm³/mol. The molecule has 0 spiro atoms. The van der Waals surface area contributed by atoms with Crippen LogP contribution in [0, 0.1) is 0 Å². The molecule has 0 fully saturated rings. The smallest absolute Gasteiger partial charge is 0.0283 e. The Bertz CT molecular complexity index is 442. The van der Waals surface area contributed by atoms with Crippen molar-refractivity contribution in [3.8, 4) is 0 Å². The highest BCUT2D eigenvalue weighted by molar-refractivity contribution is 9.09. The van der Waals surface area contributed by atoms with E-state index in [2.05, 4.69) is 82.3 Å². The molecule has 0 nitrogen and oxygen atoms in total. The molecule has 18 heavy (non-hydrogen) atoms. The molecular formula is C17H25Br. The van der Waals surface area contributed by atoms with E-state index in [4.69, 9.17) is 0 Å². The Labute approximate surface area is 121 Å². The lowest BCUT2D eigenvalue weighted by molar-refractivity contribution is 0.530. The maximum atomic E-state index is 4.11. The van der Waals surface area contributed by atoms with E-state index in [1.54, 1.807) is 0 Å². The third kappa shape index (κ3) is 3.47. The molecule has 0 aliphatic carbocycles. The van der Waals surface area contributed by atoms with Gasteiger partial charge in [0.05, 0.1) is 0 Å². The van der Waals surface area contributed by atoms with Crippen LogP contribution in [0.15, 0.2) is 24.8 Å². The van der Waals surface area contributed by atoms with Gasteiger partial charge in [0.25, 0.3) is 0 Å². The normalized spacial score (nSPS) is 12.6. The van der Waals surface area contributed by atoms with Crippen LogP contribution in [0.4, 0.5) is 0 Å². The Morgan fingerprint density at radius 2 is 1.50 bits per heavy atom. The minimum Gasteiger partial charge on any atom is -0.0944 e. The summed E-state index contributed by atoms with van der Waals surface area (Å²) in [5.41, 5.74) is 5.57. The van der Waals surface area contributed by atoms with Gasteiger partial charge in [-0.25, -0.2) is 0 Å². The van der Waals surface area contributed by atoms with E-state index < -0.39 is 0 Å². The molecule has 100 valence electrons. The van der Waals surface area contributed by atoms with Crippen LogP contribution in [0.3, 0.4) is 0 Å². The van der Waals surface area contributed by atoms with Gasteiger partial charge in [-0.2, -0.15) is 0 Å². The van der Waals surface area contributed by atoms with Gasteiger partial charge in [-0.1, -0.05) is 82.3 Å². The molecule has 0 unspecified atom stereocenters. The maximum absolute atomic E-state index is 4.11. The zero-order valence-corrected chi connectivity index (χ0v) is 14.1. The summed E-state index contributed by atoms with van der Waals surface area (Å²) in [7, 11) is 0. The Balaban J connectivity index is 3.45. The van der Waals surface area contributed by atoms with Gasteiger partial charge in [0, 0.05) is 5.33 Å². The van der Waals surface area contributed by atoms with E-state index in [-0.39, 0.29) is 10.8 Å². The zero-order chi connectivity index (χ0) is 14.1. The van der Waals surface area contributed by atoms with Crippen molar-refractivity contribution in [3.63, 3.8) is 0 Å². The number of hydrogen-bond donors (Lipinski definition) is 0. The largest absolute Gasteiger partial charge is 0.0944 e. The molecular weight excluding hydrogens is 284 g/mol. The molecule has 0 saturated carbocycles. The van der Waals surface area contributed by atoms with E-state index in [0.29, 0.717) is 0 Å². The van der Waals surface area contributed by atoms with E-state index in [1.807, 2.05) is 0 Å². The predicted octanol–water partition coefficient (Wildman–Crippen LogP) is 5.69. The minimum absolute atomic E-state index is 0.158. The SMILES string of the molecule is C=C(CBr)c1ccc(C(C)(C)C)c(C(C)(C)C)c1. The van der Waals surface area contributed by atoms with Crippen LogP contribution in [0.1, 0.15) is 58.2 Å². The molecule has 0 atom stereocenters. The fraction of sp³-hybridized carbons (Fsp3) is 0.529. The van der Waals surface area contributed by atoms with Crippen LogP contribution in [0.2, 0.25) is 0 Å². The Hall–Kier alpha value is -0.560. The van der Waals surface area contributed by atoms with Crippen molar-refractivity contribution in [1.29, 1.82) is 0 Å². The number of halogens is 1. The topological polar surface area (TPSA) is 0 Å². The molecule has 1 rings (SSSR count). The first-order valence-electron chi connectivity index (χ1n) is 6.46. The second-order valence-electron chi connectivity index (χ2n) is 7.00. The molecule has 1 aromatic rings. The van der Waals surface area contributed by atoms with Crippen molar-refractivity contribution in [2.75, 3.05) is 5.33 Å². The van der Waals surface area contributed by atoms with Gasteiger partial charge in [0.1, 0.15) is 0 Å². The minimum atomic E-state index is 0.158. The van der Waals surface area contributed by atoms with E-state index in [0.717, 1.165) is 10.9 Å². The number of benzene rings is 1. The second kappa shape index (κ2) is 5.21. The summed E-state index contributed by atoms with van der Waals surface area (Å²) >= 11 is 3.48. The van der Waals surface area contributed by atoms with E-state index in [9.17, 15) is 0 Å². The summed E-state index contributed by atoms with van der Waals surface area (Å²) < 4.78 is 0. The quantitative estimate of drug-likeness (QED) is 0.616. The summed E-state index contributed by atoms with van der Waals surface area (Å²) in [6.07, 6.45) is 0. The van der Waals surface area contributed by atoms with Crippen LogP contribution >= 0.6 is 15.9 Å². The fourth-order valence-electron chi connectivity index (χ4n) is 2.12. The lowest BCUT2D eigenvalue weighted by atomic mass is 9.74.